The zero-order chi connectivity index (χ0) is 12.0. The fourth-order valence-electron chi connectivity index (χ4n) is 1.42. The van der Waals surface area contributed by atoms with Gasteiger partial charge in [0.1, 0.15) is 0 Å². The van der Waals surface area contributed by atoms with Crippen molar-refractivity contribution >= 4 is 5.91 Å². The third-order valence-electron chi connectivity index (χ3n) is 2.53. The first-order valence-corrected chi connectivity index (χ1v) is 5.36. The van der Waals surface area contributed by atoms with Crippen LogP contribution in [0.4, 0.5) is 0 Å². The van der Waals surface area contributed by atoms with E-state index in [1.165, 1.54) is 0 Å². The molecular weight excluding hydrogens is 200 g/mol. The number of nitrogens with one attached hydrogen (secondary N) is 1. The van der Waals surface area contributed by atoms with E-state index >= 15 is 0 Å². The predicted octanol–water partition coefficient (Wildman–Crippen LogP) is 1.55. The van der Waals surface area contributed by atoms with Crippen molar-refractivity contribution in [3.8, 4) is 0 Å². The van der Waals surface area contributed by atoms with Gasteiger partial charge in [-0.2, -0.15) is 0 Å². The molecule has 0 fully saturated rings. The third kappa shape index (κ3) is 3.21. The molecule has 16 heavy (non-hydrogen) atoms. The molecule has 0 radical (unpaired) electrons. The Balaban J connectivity index is 2.66. The highest BCUT2D eigenvalue weighted by Gasteiger charge is 2.08. The molecular formula is C13H18N2O. The Morgan fingerprint density at radius 1 is 1.38 bits per heavy atom. The summed E-state index contributed by atoms with van der Waals surface area (Å²) in [5, 5.41) is 2.82. The summed E-state index contributed by atoms with van der Waals surface area (Å²) in [4.78, 5) is 11.8. The van der Waals surface area contributed by atoms with E-state index < -0.39 is 0 Å². The van der Waals surface area contributed by atoms with Crippen molar-refractivity contribution in [3.05, 3.63) is 47.0 Å². The Bertz CT molecular complexity index is 397. The predicted molar refractivity (Wildman–Crippen MR) is 66.4 cm³/mol. The second kappa shape index (κ2) is 6.08. The van der Waals surface area contributed by atoms with E-state index in [0.717, 1.165) is 16.7 Å². The summed E-state index contributed by atoms with van der Waals surface area (Å²) in [6, 6.07) is 5.73. The van der Waals surface area contributed by atoms with Crippen LogP contribution in [0.25, 0.3) is 0 Å². The van der Waals surface area contributed by atoms with Crippen molar-refractivity contribution in [2.75, 3.05) is 13.1 Å². The van der Waals surface area contributed by atoms with Gasteiger partial charge in [0, 0.05) is 18.7 Å². The average molecular weight is 218 g/mol. The maximum absolute atomic E-state index is 11.8. The topological polar surface area (TPSA) is 55.1 Å². The summed E-state index contributed by atoms with van der Waals surface area (Å²) in [5.41, 5.74) is 8.20. The van der Waals surface area contributed by atoms with Gasteiger partial charge in [-0.3, -0.25) is 4.79 Å². The number of carbonyl (C=O) groups excluding carboxylic acids is 1. The molecule has 0 aliphatic carbocycles. The highest BCUT2D eigenvalue weighted by atomic mass is 16.1. The maximum atomic E-state index is 11.8. The van der Waals surface area contributed by atoms with E-state index in [4.69, 9.17) is 5.73 Å². The number of benzene rings is 1. The lowest BCUT2D eigenvalue weighted by molar-refractivity contribution is 0.0957. The van der Waals surface area contributed by atoms with Crippen LogP contribution in [-0.2, 0) is 0 Å². The maximum Gasteiger partial charge on any atom is 0.251 e. The highest BCUT2D eigenvalue weighted by Crippen LogP contribution is 2.12. The van der Waals surface area contributed by atoms with Gasteiger partial charge in [-0.25, -0.2) is 0 Å². The molecule has 0 saturated carbocycles. The van der Waals surface area contributed by atoms with Crippen LogP contribution in [0.1, 0.15) is 21.5 Å². The summed E-state index contributed by atoms with van der Waals surface area (Å²) in [7, 11) is 0. The van der Waals surface area contributed by atoms with Crippen molar-refractivity contribution in [2.45, 2.75) is 13.8 Å². The Labute approximate surface area is 96.3 Å². The van der Waals surface area contributed by atoms with E-state index in [1.54, 1.807) is 0 Å². The van der Waals surface area contributed by atoms with Crippen LogP contribution in [0, 0.1) is 13.8 Å². The van der Waals surface area contributed by atoms with Gasteiger partial charge in [0.05, 0.1) is 0 Å². The lowest BCUT2D eigenvalue weighted by atomic mass is 10.0. The van der Waals surface area contributed by atoms with Crippen molar-refractivity contribution in [2.24, 2.45) is 5.73 Å². The third-order valence-corrected chi connectivity index (χ3v) is 2.53. The average Bonchev–Trinajstić information content (AvgIpc) is 2.28. The Hall–Kier alpha value is -1.61. The lowest BCUT2D eigenvalue weighted by Gasteiger charge is -2.07. The molecule has 3 nitrogen and oxygen atoms in total. The number of rotatable bonds is 4. The van der Waals surface area contributed by atoms with Crippen LogP contribution < -0.4 is 11.1 Å². The molecule has 1 aromatic rings. The minimum absolute atomic E-state index is 0.0390. The molecule has 86 valence electrons. The summed E-state index contributed by atoms with van der Waals surface area (Å²) in [6.45, 7) is 4.98. The molecule has 3 N–H and O–H groups in total. The van der Waals surface area contributed by atoms with Gasteiger partial charge in [0.15, 0.2) is 0 Å². The first kappa shape index (κ1) is 12.5. The van der Waals surface area contributed by atoms with Gasteiger partial charge in [-0.15, -0.1) is 0 Å². The molecule has 0 aliphatic heterocycles. The number of amides is 1. The van der Waals surface area contributed by atoms with Crippen molar-refractivity contribution in [1.29, 1.82) is 0 Å². The molecule has 0 heterocycles. The fourth-order valence-corrected chi connectivity index (χ4v) is 1.42. The van der Waals surface area contributed by atoms with Crippen LogP contribution in [-0.4, -0.2) is 19.0 Å². The molecule has 0 spiro atoms. The number of nitrogens with two attached hydrogens (primary N) is 1. The second-order valence-electron chi connectivity index (χ2n) is 3.66. The van der Waals surface area contributed by atoms with Gasteiger partial charge in [-0.1, -0.05) is 24.3 Å². The number of aryl methyl sites for hydroxylation is 1. The molecule has 0 bridgehead atoms. The molecule has 1 amide bonds. The fraction of sp³-hybridized carbons (Fsp3) is 0.308. The molecule has 1 rings (SSSR count). The summed E-state index contributed by atoms with van der Waals surface area (Å²) in [5.74, 6) is -0.0390. The standard InChI is InChI=1S/C13H18N2O/c1-10-6-5-7-12(11(10)2)13(16)15-9-4-3-8-14/h3-7H,8-9,14H2,1-2H3,(H,15,16)/b4-3+. The number of carbonyl (C=O) groups is 1. The van der Waals surface area contributed by atoms with Gasteiger partial charge in [-0.05, 0) is 31.0 Å². The molecule has 0 atom stereocenters. The van der Waals surface area contributed by atoms with Crippen molar-refractivity contribution in [3.63, 3.8) is 0 Å². The van der Waals surface area contributed by atoms with Gasteiger partial charge in [0.2, 0.25) is 0 Å². The van der Waals surface area contributed by atoms with Crippen molar-refractivity contribution in [1.82, 2.24) is 5.32 Å². The second-order valence-corrected chi connectivity index (χ2v) is 3.66. The molecule has 1 aromatic carbocycles. The first-order valence-electron chi connectivity index (χ1n) is 5.36. The van der Waals surface area contributed by atoms with E-state index in [1.807, 2.05) is 44.2 Å². The Morgan fingerprint density at radius 2 is 2.12 bits per heavy atom. The molecule has 0 aromatic heterocycles. The first-order chi connectivity index (χ1) is 7.66. The minimum atomic E-state index is -0.0390. The molecule has 0 saturated heterocycles. The van der Waals surface area contributed by atoms with Crippen LogP contribution in [0.3, 0.4) is 0 Å². The zero-order valence-electron chi connectivity index (χ0n) is 9.79. The summed E-state index contributed by atoms with van der Waals surface area (Å²) in [6.07, 6.45) is 3.67. The van der Waals surface area contributed by atoms with Gasteiger partial charge >= 0.3 is 0 Å². The normalized spacial score (nSPS) is 10.7. The van der Waals surface area contributed by atoms with Gasteiger partial charge in [0.25, 0.3) is 5.91 Å². The summed E-state index contributed by atoms with van der Waals surface area (Å²) < 4.78 is 0. The minimum Gasteiger partial charge on any atom is -0.349 e. The Morgan fingerprint density at radius 3 is 2.81 bits per heavy atom. The number of hydrogen-bond donors (Lipinski definition) is 2. The van der Waals surface area contributed by atoms with Crippen LogP contribution in [0.15, 0.2) is 30.4 Å². The van der Waals surface area contributed by atoms with Gasteiger partial charge < -0.3 is 11.1 Å². The largest absolute Gasteiger partial charge is 0.349 e. The molecule has 0 unspecified atom stereocenters. The molecule has 0 aliphatic rings. The smallest absolute Gasteiger partial charge is 0.251 e. The monoisotopic (exact) mass is 218 g/mol. The van der Waals surface area contributed by atoms with E-state index in [-0.39, 0.29) is 5.91 Å². The van der Waals surface area contributed by atoms with E-state index in [0.29, 0.717) is 13.1 Å². The van der Waals surface area contributed by atoms with E-state index in [9.17, 15) is 4.79 Å². The Kier molecular flexibility index (Phi) is 4.73. The SMILES string of the molecule is Cc1cccc(C(=O)NC/C=C/CN)c1C. The van der Waals surface area contributed by atoms with E-state index in [2.05, 4.69) is 5.32 Å². The zero-order valence-corrected chi connectivity index (χ0v) is 9.79. The summed E-state index contributed by atoms with van der Waals surface area (Å²) >= 11 is 0. The van der Waals surface area contributed by atoms with Crippen LogP contribution in [0.2, 0.25) is 0 Å². The van der Waals surface area contributed by atoms with Crippen LogP contribution in [0.5, 0.6) is 0 Å². The molecule has 3 heteroatoms. The number of hydrogen-bond acceptors (Lipinski definition) is 2. The highest BCUT2D eigenvalue weighted by molar-refractivity contribution is 5.95. The lowest BCUT2D eigenvalue weighted by Crippen LogP contribution is -2.24. The van der Waals surface area contributed by atoms with Crippen LogP contribution >= 0.6 is 0 Å². The van der Waals surface area contributed by atoms with Crippen molar-refractivity contribution < 1.29 is 4.79 Å². The quantitative estimate of drug-likeness (QED) is 0.753.